The van der Waals surface area contributed by atoms with Gasteiger partial charge in [0.15, 0.2) is 0 Å². The van der Waals surface area contributed by atoms with Gasteiger partial charge in [0, 0.05) is 18.8 Å². The van der Waals surface area contributed by atoms with E-state index in [1.54, 1.807) is 7.11 Å². The average Bonchev–Trinajstić information content (AvgIpc) is 3.08. The molecule has 0 saturated carbocycles. The minimum Gasteiger partial charge on any atom is -0.495 e. The molecular formula is C19H24N2O3S. The second-order valence-electron chi connectivity index (χ2n) is 6.43. The van der Waals surface area contributed by atoms with Crippen molar-refractivity contribution < 1.29 is 13.2 Å². The summed E-state index contributed by atoms with van der Waals surface area (Å²) in [7, 11) is -1.98. The second kappa shape index (κ2) is 7.35. The molecule has 1 N–H and O–H groups in total. The van der Waals surface area contributed by atoms with E-state index in [-0.39, 0.29) is 5.75 Å². The van der Waals surface area contributed by atoms with Crippen LogP contribution in [0.3, 0.4) is 0 Å². The zero-order chi connectivity index (χ0) is 17.9. The summed E-state index contributed by atoms with van der Waals surface area (Å²) in [6, 6.07) is 13.2. The van der Waals surface area contributed by atoms with E-state index in [1.165, 1.54) is 12.8 Å². The summed E-state index contributed by atoms with van der Waals surface area (Å²) in [6.07, 6.45) is 2.33. The number of anilines is 2. The van der Waals surface area contributed by atoms with E-state index in [4.69, 9.17) is 4.74 Å². The molecule has 1 heterocycles. The lowest BCUT2D eigenvalue weighted by atomic mass is 10.2. The number of aryl methyl sites for hydroxylation is 1. The van der Waals surface area contributed by atoms with Gasteiger partial charge in [0.05, 0.1) is 18.6 Å². The highest BCUT2D eigenvalue weighted by Crippen LogP contribution is 2.32. The Morgan fingerprint density at radius 3 is 2.56 bits per heavy atom. The molecule has 134 valence electrons. The summed E-state index contributed by atoms with van der Waals surface area (Å²) in [6.45, 7) is 3.95. The van der Waals surface area contributed by atoms with Crippen molar-refractivity contribution in [2.75, 3.05) is 29.8 Å². The molecule has 0 radical (unpaired) electrons. The van der Waals surface area contributed by atoms with Crippen LogP contribution < -0.4 is 14.4 Å². The molecule has 3 rings (SSSR count). The minimum atomic E-state index is -3.53. The monoisotopic (exact) mass is 360 g/mol. The number of hydrogen-bond donors (Lipinski definition) is 1. The highest BCUT2D eigenvalue weighted by molar-refractivity contribution is 7.91. The Bertz CT molecular complexity index is 843. The number of nitrogens with one attached hydrogen (secondary N) is 1. The molecule has 2 aromatic carbocycles. The first-order chi connectivity index (χ1) is 12.0. The molecule has 0 atom stereocenters. The van der Waals surface area contributed by atoms with Gasteiger partial charge < -0.3 is 9.64 Å². The Kier molecular flexibility index (Phi) is 5.18. The van der Waals surface area contributed by atoms with E-state index in [1.807, 2.05) is 49.4 Å². The third-order valence-corrected chi connectivity index (χ3v) is 5.60. The van der Waals surface area contributed by atoms with Gasteiger partial charge in [-0.3, -0.25) is 4.72 Å². The smallest absolute Gasteiger partial charge is 0.237 e. The van der Waals surface area contributed by atoms with E-state index in [0.29, 0.717) is 11.4 Å². The van der Waals surface area contributed by atoms with Gasteiger partial charge in [-0.05, 0) is 43.5 Å². The fraction of sp³-hybridized carbons (Fsp3) is 0.368. The summed E-state index contributed by atoms with van der Waals surface area (Å²) in [5, 5.41) is 0. The van der Waals surface area contributed by atoms with E-state index < -0.39 is 10.0 Å². The van der Waals surface area contributed by atoms with Crippen molar-refractivity contribution in [3.63, 3.8) is 0 Å². The summed E-state index contributed by atoms with van der Waals surface area (Å²) in [5.41, 5.74) is 3.31. The summed E-state index contributed by atoms with van der Waals surface area (Å²) >= 11 is 0. The van der Waals surface area contributed by atoms with E-state index in [2.05, 4.69) is 9.62 Å². The van der Waals surface area contributed by atoms with Crippen LogP contribution in [0.4, 0.5) is 11.4 Å². The number of benzene rings is 2. The molecule has 1 aliphatic heterocycles. The van der Waals surface area contributed by atoms with E-state index in [9.17, 15) is 8.42 Å². The Balaban J connectivity index is 1.83. The standard InChI is InChI=1S/C19H24N2O3S/c1-15-6-5-7-16(12-15)14-25(22,23)20-18-13-17(8-9-19(18)24-2)21-10-3-4-11-21/h5-9,12-13,20H,3-4,10-11,14H2,1-2H3. The maximum atomic E-state index is 12.6. The first-order valence-corrected chi connectivity index (χ1v) is 10.1. The number of sulfonamides is 1. The predicted octanol–water partition coefficient (Wildman–Crippen LogP) is 3.55. The molecule has 1 aliphatic rings. The zero-order valence-electron chi connectivity index (χ0n) is 14.7. The predicted molar refractivity (Wildman–Crippen MR) is 102 cm³/mol. The number of methoxy groups -OCH3 is 1. The molecule has 0 aliphatic carbocycles. The average molecular weight is 360 g/mol. The summed E-state index contributed by atoms with van der Waals surface area (Å²) in [5.74, 6) is 0.460. The number of ether oxygens (including phenoxy) is 1. The van der Waals surface area contributed by atoms with E-state index in [0.717, 1.165) is 29.9 Å². The lowest BCUT2D eigenvalue weighted by molar-refractivity contribution is 0.417. The third kappa shape index (κ3) is 4.45. The van der Waals surface area contributed by atoms with E-state index >= 15 is 0 Å². The van der Waals surface area contributed by atoms with Gasteiger partial charge in [0.2, 0.25) is 10.0 Å². The van der Waals surface area contributed by atoms with Crippen LogP contribution in [0.1, 0.15) is 24.0 Å². The maximum Gasteiger partial charge on any atom is 0.237 e. The van der Waals surface area contributed by atoms with Crippen molar-refractivity contribution in [1.29, 1.82) is 0 Å². The Labute approximate surface area is 149 Å². The van der Waals surface area contributed by atoms with Crippen LogP contribution in [0.15, 0.2) is 42.5 Å². The highest BCUT2D eigenvalue weighted by Gasteiger charge is 2.18. The first kappa shape index (κ1) is 17.6. The van der Waals surface area contributed by atoms with Gasteiger partial charge in [-0.1, -0.05) is 29.8 Å². The SMILES string of the molecule is COc1ccc(N2CCCC2)cc1NS(=O)(=O)Cc1cccc(C)c1. The molecule has 25 heavy (non-hydrogen) atoms. The Morgan fingerprint density at radius 2 is 1.88 bits per heavy atom. The minimum absolute atomic E-state index is 0.0637. The fourth-order valence-electron chi connectivity index (χ4n) is 3.17. The molecule has 0 unspecified atom stereocenters. The van der Waals surface area contributed by atoms with Gasteiger partial charge in [-0.2, -0.15) is 0 Å². The molecule has 0 aromatic heterocycles. The summed E-state index contributed by atoms with van der Waals surface area (Å²) < 4.78 is 33.2. The van der Waals surface area contributed by atoms with Crippen molar-refractivity contribution >= 4 is 21.4 Å². The Hall–Kier alpha value is -2.21. The molecule has 6 heteroatoms. The summed E-state index contributed by atoms with van der Waals surface area (Å²) in [4.78, 5) is 2.26. The van der Waals surface area contributed by atoms with Crippen LogP contribution in [0.2, 0.25) is 0 Å². The van der Waals surface area contributed by atoms with Crippen LogP contribution in [-0.4, -0.2) is 28.6 Å². The lowest BCUT2D eigenvalue weighted by Gasteiger charge is -2.20. The fourth-order valence-corrected chi connectivity index (χ4v) is 4.36. The number of rotatable bonds is 6. The highest BCUT2D eigenvalue weighted by atomic mass is 32.2. The number of hydrogen-bond acceptors (Lipinski definition) is 4. The molecular weight excluding hydrogens is 336 g/mol. The van der Waals surface area contributed by atoms with Crippen LogP contribution in [0, 0.1) is 6.92 Å². The topological polar surface area (TPSA) is 58.6 Å². The molecule has 1 saturated heterocycles. The van der Waals surface area contributed by atoms with Gasteiger partial charge in [-0.25, -0.2) is 8.42 Å². The quantitative estimate of drug-likeness (QED) is 0.856. The van der Waals surface area contributed by atoms with Crippen molar-refractivity contribution in [3.8, 4) is 5.75 Å². The molecule has 0 bridgehead atoms. The van der Waals surface area contributed by atoms with Gasteiger partial charge in [0.25, 0.3) is 0 Å². The van der Waals surface area contributed by atoms with Crippen molar-refractivity contribution in [1.82, 2.24) is 0 Å². The lowest BCUT2D eigenvalue weighted by Crippen LogP contribution is -2.19. The van der Waals surface area contributed by atoms with Crippen LogP contribution in [0.25, 0.3) is 0 Å². The van der Waals surface area contributed by atoms with Crippen molar-refractivity contribution in [2.24, 2.45) is 0 Å². The van der Waals surface area contributed by atoms with Crippen LogP contribution >= 0.6 is 0 Å². The molecule has 1 fully saturated rings. The van der Waals surface area contributed by atoms with Gasteiger partial charge in [-0.15, -0.1) is 0 Å². The number of nitrogens with zero attached hydrogens (tertiary/aromatic N) is 1. The van der Waals surface area contributed by atoms with Crippen LogP contribution in [0.5, 0.6) is 5.75 Å². The molecule has 5 nitrogen and oxygen atoms in total. The molecule has 0 spiro atoms. The second-order valence-corrected chi connectivity index (χ2v) is 8.15. The third-order valence-electron chi connectivity index (χ3n) is 4.36. The van der Waals surface area contributed by atoms with Crippen molar-refractivity contribution in [2.45, 2.75) is 25.5 Å². The van der Waals surface area contributed by atoms with Gasteiger partial charge in [0.1, 0.15) is 5.75 Å². The molecule has 0 amide bonds. The van der Waals surface area contributed by atoms with Gasteiger partial charge >= 0.3 is 0 Å². The zero-order valence-corrected chi connectivity index (χ0v) is 15.5. The Morgan fingerprint density at radius 1 is 1.12 bits per heavy atom. The maximum absolute atomic E-state index is 12.6. The normalized spacial score (nSPS) is 14.6. The largest absolute Gasteiger partial charge is 0.495 e. The molecule has 2 aromatic rings. The van der Waals surface area contributed by atoms with Crippen LogP contribution in [-0.2, 0) is 15.8 Å². The van der Waals surface area contributed by atoms with Crippen molar-refractivity contribution in [3.05, 3.63) is 53.6 Å². The first-order valence-electron chi connectivity index (χ1n) is 8.46.